The Morgan fingerprint density at radius 3 is 2.34 bits per heavy atom. The molecule has 1 amide bonds. The second-order valence-corrected chi connectivity index (χ2v) is 11.0. The van der Waals surface area contributed by atoms with E-state index < -0.39 is 22.5 Å². The van der Waals surface area contributed by atoms with Crippen LogP contribution in [0.25, 0.3) is 0 Å². The lowest BCUT2D eigenvalue weighted by Gasteiger charge is -2.26. The third-order valence-corrected chi connectivity index (χ3v) is 8.44. The molecule has 0 aromatic heterocycles. The number of anilines is 1. The number of fused-ring (bicyclic) bond motifs is 1. The van der Waals surface area contributed by atoms with E-state index in [1.807, 2.05) is 19.9 Å². The van der Waals surface area contributed by atoms with E-state index in [-0.39, 0.29) is 16.7 Å². The fourth-order valence-corrected chi connectivity index (χ4v) is 6.09. The number of hydrogen-bond acceptors (Lipinski definition) is 6. The molecular weight excluding hydrogens is 504 g/mol. The first-order valence-corrected chi connectivity index (χ1v) is 14.1. The van der Waals surface area contributed by atoms with E-state index in [9.17, 15) is 13.2 Å². The van der Waals surface area contributed by atoms with Gasteiger partial charge in [-0.1, -0.05) is 18.2 Å². The minimum atomic E-state index is -4.14. The van der Waals surface area contributed by atoms with E-state index >= 15 is 0 Å². The molecule has 0 aliphatic heterocycles. The summed E-state index contributed by atoms with van der Waals surface area (Å²) < 4.78 is 44.9. The van der Waals surface area contributed by atoms with Crippen LogP contribution in [0.15, 0.2) is 65.6 Å². The molecule has 3 aromatic carbocycles. The monoisotopic (exact) mass is 538 g/mol. The molecule has 1 aliphatic carbocycles. The largest absolute Gasteiger partial charge is 0.494 e. The average molecular weight is 539 g/mol. The maximum Gasteiger partial charge on any atom is 0.264 e. The van der Waals surface area contributed by atoms with Gasteiger partial charge in [0.2, 0.25) is 5.91 Å². The highest BCUT2D eigenvalue weighted by Crippen LogP contribution is 2.33. The molecule has 1 atom stereocenters. The number of ether oxygens (including phenoxy) is 3. The molecule has 0 radical (unpaired) electrons. The molecule has 4 rings (SSSR count). The molecule has 1 unspecified atom stereocenters. The van der Waals surface area contributed by atoms with Gasteiger partial charge in [0.05, 0.1) is 37.5 Å². The van der Waals surface area contributed by atoms with Gasteiger partial charge >= 0.3 is 0 Å². The zero-order valence-corrected chi connectivity index (χ0v) is 23.0. The van der Waals surface area contributed by atoms with E-state index in [4.69, 9.17) is 14.2 Å². The van der Waals surface area contributed by atoms with Gasteiger partial charge in [-0.2, -0.15) is 0 Å². The van der Waals surface area contributed by atoms with Crippen molar-refractivity contribution in [3.8, 4) is 17.2 Å². The van der Waals surface area contributed by atoms with Gasteiger partial charge in [-0.15, -0.1) is 0 Å². The van der Waals surface area contributed by atoms with Crippen LogP contribution in [0.3, 0.4) is 0 Å². The number of carbonyl (C=O) groups is 1. The number of rotatable bonds is 11. The number of benzene rings is 3. The lowest BCUT2D eigenvalue weighted by atomic mass is 10.0. The predicted octanol–water partition coefficient (Wildman–Crippen LogP) is 4.66. The first-order valence-electron chi connectivity index (χ1n) is 12.7. The molecule has 3 aromatic rings. The van der Waals surface area contributed by atoms with E-state index in [0.29, 0.717) is 23.8 Å². The first kappa shape index (κ1) is 27.3. The predicted molar refractivity (Wildman–Crippen MR) is 147 cm³/mol. The Balaban J connectivity index is 1.62. The molecule has 1 N–H and O–H groups in total. The van der Waals surface area contributed by atoms with Gasteiger partial charge in [-0.3, -0.25) is 9.10 Å². The topological polar surface area (TPSA) is 94.2 Å². The van der Waals surface area contributed by atoms with Crippen molar-refractivity contribution in [1.29, 1.82) is 0 Å². The summed E-state index contributed by atoms with van der Waals surface area (Å²) in [7, 11) is -1.23. The molecule has 9 heteroatoms. The van der Waals surface area contributed by atoms with Crippen LogP contribution in [0.4, 0.5) is 5.69 Å². The second-order valence-electron chi connectivity index (χ2n) is 9.13. The molecule has 0 saturated carbocycles. The van der Waals surface area contributed by atoms with Crippen molar-refractivity contribution in [3.63, 3.8) is 0 Å². The van der Waals surface area contributed by atoms with Crippen molar-refractivity contribution in [3.05, 3.63) is 77.4 Å². The number of hydrogen-bond donors (Lipinski definition) is 1. The molecule has 0 spiro atoms. The number of nitrogens with one attached hydrogen (secondary N) is 1. The highest BCUT2D eigenvalue weighted by Gasteiger charge is 2.29. The number of aryl methyl sites for hydroxylation is 2. The van der Waals surface area contributed by atoms with E-state index in [2.05, 4.69) is 17.4 Å². The molecule has 0 fully saturated rings. The van der Waals surface area contributed by atoms with Crippen molar-refractivity contribution < 1.29 is 27.4 Å². The molecule has 0 bridgehead atoms. The third-order valence-electron chi connectivity index (χ3n) is 6.67. The Morgan fingerprint density at radius 1 is 0.947 bits per heavy atom. The van der Waals surface area contributed by atoms with Gasteiger partial charge < -0.3 is 19.5 Å². The van der Waals surface area contributed by atoms with Crippen LogP contribution < -0.4 is 23.8 Å². The van der Waals surface area contributed by atoms with Crippen molar-refractivity contribution in [2.24, 2.45) is 0 Å². The fraction of sp³-hybridized carbons (Fsp3) is 0.345. The quantitative estimate of drug-likeness (QED) is 0.382. The normalized spacial score (nSPS) is 13.4. The SMILES string of the molecule is CCOc1ccc(N(CC(=O)NC(C)c2ccc3c(c2)CCC3)S(=O)(=O)c2ccc(OC)c(OC)c2)cc1. The van der Waals surface area contributed by atoms with Crippen LogP contribution >= 0.6 is 0 Å². The number of carbonyl (C=O) groups excluding carboxylic acids is 1. The zero-order chi connectivity index (χ0) is 27.3. The minimum absolute atomic E-state index is 0.0245. The summed E-state index contributed by atoms with van der Waals surface area (Å²) in [6.07, 6.45) is 3.27. The summed E-state index contributed by atoms with van der Waals surface area (Å²) in [5, 5.41) is 2.97. The smallest absolute Gasteiger partial charge is 0.264 e. The summed E-state index contributed by atoms with van der Waals surface area (Å²) in [5.41, 5.74) is 4.00. The van der Waals surface area contributed by atoms with Crippen LogP contribution in [0, 0.1) is 0 Å². The zero-order valence-electron chi connectivity index (χ0n) is 22.2. The molecule has 0 saturated heterocycles. The van der Waals surface area contributed by atoms with Crippen LogP contribution in [-0.2, 0) is 27.7 Å². The number of amides is 1. The maximum absolute atomic E-state index is 13.8. The van der Waals surface area contributed by atoms with E-state index in [1.165, 1.54) is 43.5 Å². The Hall–Kier alpha value is -3.72. The van der Waals surface area contributed by atoms with Gasteiger partial charge in [-0.25, -0.2) is 8.42 Å². The van der Waals surface area contributed by atoms with E-state index in [1.54, 1.807) is 24.3 Å². The fourth-order valence-electron chi connectivity index (χ4n) is 4.66. The van der Waals surface area contributed by atoms with Gasteiger partial charge in [0.25, 0.3) is 10.0 Å². The second kappa shape index (κ2) is 11.8. The number of nitrogens with zero attached hydrogens (tertiary/aromatic N) is 1. The summed E-state index contributed by atoms with van der Waals surface area (Å²) >= 11 is 0. The van der Waals surface area contributed by atoms with Crippen molar-refractivity contribution in [2.45, 2.75) is 44.0 Å². The van der Waals surface area contributed by atoms with Crippen LogP contribution in [0.1, 0.15) is 43.0 Å². The summed E-state index contributed by atoms with van der Waals surface area (Å²) in [5.74, 6) is 0.861. The first-order chi connectivity index (χ1) is 18.3. The Bertz CT molecular complexity index is 1390. The third kappa shape index (κ3) is 5.88. The average Bonchev–Trinajstić information content (AvgIpc) is 3.40. The lowest BCUT2D eigenvalue weighted by Crippen LogP contribution is -2.41. The van der Waals surface area contributed by atoms with Crippen LogP contribution in [0.5, 0.6) is 17.2 Å². The van der Waals surface area contributed by atoms with Crippen molar-refractivity contribution in [1.82, 2.24) is 5.32 Å². The summed E-state index contributed by atoms with van der Waals surface area (Å²) in [4.78, 5) is 13.2. The summed E-state index contributed by atoms with van der Waals surface area (Å²) in [6, 6.07) is 17.0. The van der Waals surface area contributed by atoms with Gasteiger partial charge in [-0.05, 0) is 86.2 Å². The minimum Gasteiger partial charge on any atom is -0.494 e. The van der Waals surface area contributed by atoms with Crippen LogP contribution in [0.2, 0.25) is 0 Å². The molecule has 202 valence electrons. The van der Waals surface area contributed by atoms with Gasteiger partial charge in [0.1, 0.15) is 12.3 Å². The van der Waals surface area contributed by atoms with Gasteiger partial charge in [0.15, 0.2) is 11.5 Å². The lowest BCUT2D eigenvalue weighted by molar-refractivity contribution is -0.120. The highest BCUT2D eigenvalue weighted by atomic mass is 32.2. The maximum atomic E-state index is 13.8. The molecule has 38 heavy (non-hydrogen) atoms. The van der Waals surface area contributed by atoms with E-state index in [0.717, 1.165) is 29.1 Å². The molecule has 8 nitrogen and oxygen atoms in total. The molecule has 0 heterocycles. The standard InChI is InChI=1S/C29H34N2O6S/c1-5-37-25-13-11-24(12-14-25)31(38(33,34)26-15-16-27(35-3)28(18-26)36-4)19-29(32)30-20(2)22-10-9-21-7-6-8-23(21)17-22/h9-18,20H,5-8,19H2,1-4H3,(H,30,32). The van der Waals surface area contributed by atoms with Gasteiger partial charge in [0, 0.05) is 6.07 Å². The Kier molecular flexibility index (Phi) is 8.46. The number of sulfonamides is 1. The Morgan fingerprint density at radius 2 is 1.66 bits per heavy atom. The molecule has 1 aliphatic rings. The summed E-state index contributed by atoms with van der Waals surface area (Å²) in [6.45, 7) is 3.85. The highest BCUT2D eigenvalue weighted by molar-refractivity contribution is 7.92. The Labute approximate surface area is 224 Å². The van der Waals surface area contributed by atoms with Crippen molar-refractivity contribution in [2.75, 3.05) is 31.7 Å². The number of methoxy groups -OCH3 is 2. The van der Waals surface area contributed by atoms with Crippen molar-refractivity contribution >= 4 is 21.6 Å². The molecular formula is C29H34N2O6S. The van der Waals surface area contributed by atoms with Crippen LogP contribution in [-0.4, -0.2) is 41.7 Å².